The third-order valence-electron chi connectivity index (χ3n) is 5.06. The summed E-state index contributed by atoms with van der Waals surface area (Å²) in [5.41, 5.74) is 1.53. The molecule has 3 heterocycles. The molecule has 2 aromatic carbocycles. The number of aromatic amines is 1. The van der Waals surface area contributed by atoms with Crippen molar-refractivity contribution in [3.63, 3.8) is 0 Å². The fraction of sp³-hybridized carbons (Fsp3) is 0.200. The van der Waals surface area contributed by atoms with Gasteiger partial charge in [0.05, 0.1) is 23.7 Å². The number of para-hydroxylation sites is 2. The van der Waals surface area contributed by atoms with Crippen molar-refractivity contribution in [2.24, 2.45) is 0 Å². The van der Waals surface area contributed by atoms with Crippen LogP contribution in [0.4, 0.5) is 0 Å². The second-order valence-corrected chi connectivity index (χ2v) is 6.90. The highest BCUT2D eigenvalue weighted by Crippen LogP contribution is 2.29. The van der Waals surface area contributed by atoms with Gasteiger partial charge in [0.1, 0.15) is 11.8 Å². The molecule has 1 fully saturated rings. The van der Waals surface area contributed by atoms with E-state index >= 15 is 0 Å². The van der Waals surface area contributed by atoms with E-state index < -0.39 is 18.1 Å². The highest BCUT2D eigenvalue weighted by Gasteiger charge is 2.38. The fourth-order valence-electron chi connectivity index (χ4n) is 3.74. The molecule has 0 bridgehead atoms. The van der Waals surface area contributed by atoms with Crippen LogP contribution in [-0.4, -0.2) is 55.1 Å². The number of carbonyl (C=O) groups is 1. The molecule has 5 rings (SSSR count). The minimum atomic E-state index is -0.626. The molecule has 0 spiro atoms. The molecule has 2 atom stereocenters. The number of aromatic nitrogens is 5. The number of benzene rings is 2. The van der Waals surface area contributed by atoms with Gasteiger partial charge < -0.3 is 9.84 Å². The number of aliphatic hydroxyl groups excluding tert-OH is 1. The van der Waals surface area contributed by atoms with Crippen LogP contribution in [0, 0.1) is 0 Å². The molecule has 2 N–H and O–H groups in total. The lowest BCUT2D eigenvalue weighted by Crippen LogP contribution is -2.45. The van der Waals surface area contributed by atoms with E-state index in [0.717, 1.165) is 10.9 Å². The number of carbonyl (C=O) groups excluding carboxylic acids is 1. The zero-order valence-electron chi connectivity index (χ0n) is 15.3. The molecule has 146 valence electrons. The van der Waals surface area contributed by atoms with Crippen molar-refractivity contribution in [2.75, 3.05) is 11.6 Å². The second kappa shape index (κ2) is 7.02. The number of H-pyrrole nitrogens is 1. The van der Waals surface area contributed by atoms with Crippen molar-refractivity contribution in [1.82, 2.24) is 25.3 Å². The summed E-state index contributed by atoms with van der Waals surface area (Å²) in [6.45, 7) is 0.338. The maximum atomic E-state index is 13.1. The van der Waals surface area contributed by atoms with Crippen molar-refractivity contribution in [3.05, 3.63) is 60.8 Å². The first kappa shape index (κ1) is 17.4. The Morgan fingerprint density at radius 1 is 1.14 bits per heavy atom. The van der Waals surface area contributed by atoms with Crippen LogP contribution in [0.1, 0.15) is 6.42 Å². The van der Waals surface area contributed by atoms with E-state index in [1.165, 1.54) is 0 Å². The Morgan fingerprint density at radius 2 is 1.97 bits per heavy atom. The van der Waals surface area contributed by atoms with Gasteiger partial charge >= 0.3 is 5.97 Å². The summed E-state index contributed by atoms with van der Waals surface area (Å²) in [4.78, 5) is 13.1. The Morgan fingerprint density at radius 3 is 2.83 bits per heavy atom. The molecule has 0 aliphatic carbocycles. The maximum Gasteiger partial charge on any atom is 0.335 e. The summed E-state index contributed by atoms with van der Waals surface area (Å²) in [6, 6.07) is 16.3. The molecule has 29 heavy (non-hydrogen) atoms. The van der Waals surface area contributed by atoms with Gasteiger partial charge in [0, 0.05) is 18.0 Å². The molecular formula is C20H18N6O3. The van der Waals surface area contributed by atoms with Crippen LogP contribution in [0.25, 0.3) is 22.3 Å². The predicted molar refractivity (Wildman–Crippen MR) is 105 cm³/mol. The fourth-order valence-corrected chi connectivity index (χ4v) is 3.74. The average molecular weight is 390 g/mol. The number of nitrogens with one attached hydrogen (secondary N) is 1. The quantitative estimate of drug-likeness (QED) is 0.401. The number of nitrogens with zero attached hydrogens (tertiary/aromatic N) is 5. The molecule has 0 saturated carbocycles. The normalized spacial score (nSPS) is 19.0. The molecule has 2 aromatic heterocycles. The highest BCUT2D eigenvalue weighted by atomic mass is 16.5. The summed E-state index contributed by atoms with van der Waals surface area (Å²) in [6.07, 6.45) is 1.56. The molecule has 1 saturated heterocycles. The molecule has 9 nitrogen and oxygen atoms in total. The molecule has 4 aromatic rings. The van der Waals surface area contributed by atoms with Gasteiger partial charge in [-0.2, -0.15) is 5.21 Å². The zero-order chi connectivity index (χ0) is 19.8. The number of tetrazole rings is 1. The van der Waals surface area contributed by atoms with Gasteiger partial charge in [0.2, 0.25) is 5.82 Å². The minimum absolute atomic E-state index is 0.287. The summed E-state index contributed by atoms with van der Waals surface area (Å²) in [5, 5.41) is 27.0. The number of hydrogen-bond donors (Lipinski definition) is 2. The highest BCUT2D eigenvalue weighted by molar-refractivity contribution is 5.84. The molecule has 0 radical (unpaired) electrons. The van der Waals surface area contributed by atoms with Gasteiger partial charge in [-0.15, -0.1) is 10.2 Å². The number of fused-ring (bicyclic) bond motifs is 1. The molecule has 1 aliphatic rings. The van der Waals surface area contributed by atoms with E-state index in [1.807, 2.05) is 46.2 Å². The van der Waals surface area contributed by atoms with Gasteiger partial charge in [-0.25, -0.2) is 4.79 Å². The number of hydrogen-bond acceptors (Lipinski definition) is 7. The molecule has 9 heteroatoms. The smallest absolute Gasteiger partial charge is 0.335 e. The summed E-state index contributed by atoms with van der Waals surface area (Å²) >= 11 is 0. The molecule has 1 unspecified atom stereocenters. The Balaban J connectivity index is 1.45. The minimum Gasteiger partial charge on any atom is -0.424 e. The lowest BCUT2D eigenvalue weighted by atomic mass is 10.2. The van der Waals surface area contributed by atoms with Gasteiger partial charge in [0.25, 0.3) is 0 Å². The average Bonchev–Trinajstić information content (AvgIpc) is 3.47. The van der Waals surface area contributed by atoms with Gasteiger partial charge in [-0.3, -0.25) is 9.69 Å². The van der Waals surface area contributed by atoms with E-state index in [0.29, 0.717) is 23.7 Å². The molecule has 0 amide bonds. The standard InChI is InChI=1S/C20H18N6O3/c27-14-11-17(26(12-14)25-10-9-13-5-1-3-7-16(13)25)20(28)29-18-8-4-2-6-15(18)19-21-23-24-22-19/h1-10,14,17,27H,11-12H2,(H,21,22,23,24)/t14?,17-/m0/s1. The first-order chi connectivity index (χ1) is 14.2. The van der Waals surface area contributed by atoms with Crippen LogP contribution in [-0.2, 0) is 4.79 Å². The van der Waals surface area contributed by atoms with Gasteiger partial charge in [0.15, 0.2) is 0 Å². The first-order valence-electron chi connectivity index (χ1n) is 9.26. The van der Waals surface area contributed by atoms with E-state index in [-0.39, 0.29) is 6.42 Å². The SMILES string of the molecule is O=C(Oc1ccccc1-c1nn[nH]n1)[C@@H]1CC(O)CN1n1ccc2ccccc21. The lowest BCUT2D eigenvalue weighted by molar-refractivity contribution is -0.136. The number of aliphatic hydroxyl groups is 1. The van der Waals surface area contributed by atoms with Crippen molar-refractivity contribution >= 4 is 16.9 Å². The third-order valence-corrected chi connectivity index (χ3v) is 5.06. The Kier molecular flexibility index (Phi) is 4.21. The Labute approximate surface area is 165 Å². The molecule has 1 aliphatic heterocycles. The zero-order valence-corrected chi connectivity index (χ0v) is 15.3. The number of β-amino-alcohol motifs (C(OH)–C–C–N with tert-alkyl or cyclic N) is 1. The Bertz CT molecular complexity index is 1160. The summed E-state index contributed by atoms with van der Waals surface area (Å²) in [5.74, 6) is 0.237. The van der Waals surface area contributed by atoms with Crippen molar-refractivity contribution in [3.8, 4) is 17.1 Å². The second-order valence-electron chi connectivity index (χ2n) is 6.90. The van der Waals surface area contributed by atoms with E-state index in [2.05, 4.69) is 20.6 Å². The van der Waals surface area contributed by atoms with Crippen LogP contribution in [0.5, 0.6) is 5.75 Å². The lowest BCUT2D eigenvalue weighted by Gasteiger charge is -2.27. The first-order valence-corrected chi connectivity index (χ1v) is 9.26. The van der Waals surface area contributed by atoms with Crippen LogP contribution in [0.15, 0.2) is 60.8 Å². The largest absolute Gasteiger partial charge is 0.424 e. The third kappa shape index (κ3) is 3.11. The monoisotopic (exact) mass is 390 g/mol. The molecular weight excluding hydrogens is 372 g/mol. The maximum absolute atomic E-state index is 13.1. The Hall–Kier alpha value is -3.72. The van der Waals surface area contributed by atoms with Crippen LogP contribution in [0.3, 0.4) is 0 Å². The topological polar surface area (TPSA) is 109 Å². The van der Waals surface area contributed by atoms with E-state index in [1.54, 1.807) is 24.3 Å². The van der Waals surface area contributed by atoms with Crippen LogP contribution < -0.4 is 9.75 Å². The summed E-state index contributed by atoms with van der Waals surface area (Å²) < 4.78 is 7.62. The van der Waals surface area contributed by atoms with Gasteiger partial charge in [-0.1, -0.05) is 30.3 Å². The van der Waals surface area contributed by atoms with Gasteiger partial charge in [-0.05, 0) is 29.5 Å². The van der Waals surface area contributed by atoms with Crippen molar-refractivity contribution < 1.29 is 14.6 Å². The summed E-state index contributed by atoms with van der Waals surface area (Å²) in [7, 11) is 0. The number of esters is 1. The van der Waals surface area contributed by atoms with Crippen LogP contribution in [0.2, 0.25) is 0 Å². The van der Waals surface area contributed by atoms with E-state index in [4.69, 9.17) is 4.74 Å². The van der Waals surface area contributed by atoms with Crippen molar-refractivity contribution in [2.45, 2.75) is 18.6 Å². The van der Waals surface area contributed by atoms with Crippen LogP contribution >= 0.6 is 0 Å². The van der Waals surface area contributed by atoms with E-state index in [9.17, 15) is 9.90 Å². The predicted octanol–water partition coefficient (Wildman–Crippen LogP) is 1.50. The number of rotatable bonds is 4. The number of ether oxygens (including phenoxy) is 1. The van der Waals surface area contributed by atoms with Crippen molar-refractivity contribution in [1.29, 1.82) is 0 Å².